The summed E-state index contributed by atoms with van der Waals surface area (Å²) >= 11 is 0. The molecule has 130 valence electrons. The largest absolute Gasteiger partial charge is 0.357 e. The molecule has 0 unspecified atom stereocenters. The lowest BCUT2D eigenvalue weighted by atomic mass is 9.93. The molecule has 1 saturated heterocycles. The van der Waals surface area contributed by atoms with Crippen LogP contribution in [-0.4, -0.2) is 45.8 Å². The number of likely N-dealkylation sites (tertiary alicyclic amines) is 1. The Labute approximate surface area is 145 Å². The lowest BCUT2D eigenvalue weighted by Gasteiger charge is -2.32. The Morgan fingerprint density at radius 1 is 1.21 bits per heavy atom. The first-order chi connectivity index (χ1) is 11.5. The van der Waals surface area contributed by atoms with Gasteiger partial charge in [-0.15, -0.1) is 0 Å². The highest BCUT2D eigenvalue weighted by Crippen LogP contribution is 2.28. The number of piperidine rings is 1. The number of hydrogen-bond donors (Lipinski definition) is 0. The molecule has 0 N–H and O–H groups in total. The molecule has 0 amide bonds. The summed E-state index contributed by atoms with van der Waals surface area (Å²) in [7, 11) is 4.14. The molecule has 24 heavy (non-hydrogen) atoms. The van der Waals surface area contributed by atoms with Gasteiger partial charge in [0.2, 0.25) is 0 Å². The number of rotatable bonds is 5. The van der Waals surface area contributed by atoms with E-state index in [0.29, 0.717) is 12.0 Å². The van der Waals surface area contributed by atoms with Crippen LogP contribution >= 0.6 is 0 Å². The van der Waals surface area contributed by atoms with E-state index in [1.807, 2.05) is 24.1 Å². The van der Waals surface area contributed by atoms with Gasteiger partial charge in [-0.1, -0.05) is 6.07 Å². The minimum atomic E-state index is 0.467. The van der Waals surface area contributed by atoms with Crippen molar-refractivity contribution >= 4 is 5.82 Å². The molecule has 1 aliphatic heterocycles. The lowest BCUT2D eigenvalue weighted by molar-refractivity contribution is 0.201. The first kappa shape index (κ1) is 17.0. The third-order valence-electron chi connectivity index (χ3n) is 5.22. The average Bonchev–Trinajstić information content (AvgIpc) is 3.01. The van der Waals surface area contributed by atoms with Crippen LogP contribution < -0.4 is 4.90 Å². The molecule has 5 heteroatoms. The van der Waals surface area contributed by atoms with Crippen LogP contribution in [0.5, 0.6) is 0 Å². The van der Waals surface area contributed by atoms with Crippen LogP contribution in [0.25, 0.3) is 0 Å². The van der Waals surface area contributed by atoms with E-state index in [-0.39, 0.29) is 0 Å². The van der Waals surface area contributed by atoms with Crippen molar-refractivity contribution in [2.45, 2.75) is 45.2 Å². The Morgan fingerprint density at radius 2 is 1.96 bits per heavy atom. The predicted molar refractivity (Wildman–Crippen MR) is 98.2 cm³/mol. The number of aryl methyl sites for hydroxylation is 1. The third kappa shape index (κ3) is 3.78. The van der Waals surface area contributed by atoms with E-state index in [0.717, 1.165) is 25.5 Å². The van der Waals surface area contributed by atoms with Crippen LogP contribution in [0.2, 0.25) is 0 Å². The maximum atomic E-state index is 4.62. The van der Waals surface area contributed by atoms with E-state index in [1.54, 1.807) is 0 Å². The first-order valence-corrected chi connectivity index (χ1v) is 8.92. The Kier molecular flexibility index (Phi) is 5.19. The highest BCUT2D eigenvalue weighted by Gasteiger charge is 2.22. The maximum Gasteiger partial charge on any atom is 0.128 e. The van der Waals surface area contributed by atoms with Gasteiger partial charge in [0, 0.05) is 50.7 Å². The highest BCUT2D eigenvalue weighted by atomic mass is 15.3. The van der Waals surface area contributed by atoms with Gasteiger partial charge in [0.15, 0.2) is 0 Å². The number of anilines is 1. The van der Waals surface area contributed by atoms with Crippen LogP contribution in [0, 0.1) is 0 Å². The fraction of sp³-hybridized carbons (Fsp3) is 0.579. The van der Waals surface area contributed by atoms with E-state index in [9.17, 15) is 0 Å². The second-order valence-electron chi connectivity index (χ2n) is 7.16. The fourth-order valence-electron chi connectivity index (χ4n) is 3.41. The molecule has 0 bridgehead atoms. The quantitative estimate of drug-likeness (QED) is 0.846. The molecule has 1 fully saturated rings. The SMILES string of the molecule is CC(C)N(C)c1ccc(CN2CCC(c3ccnn3C)CC2)cn1. The van der Waals surface area contributed by atoms with Crippen molar-refractivity contribution in [3.05, 3.63) is 41.9 Å². The number of nitrogens with zero attached hydrogens (tertiary/aromatic N) is 5. The summed E-state index contributed by atoms with van der Waals surface area (Å²) in [5.41, 5.74) is 2.67. The molecule has 3 heterocycles. The molecule has 2 aromatic heterocycles. The smallest absolute Gasteiger partial charge is 0.128 e. The Hall–Kier alpha value is -1.88. The zero-order valence-corrected chi connectivity index (χ0v) is 15.3. The minimum absolute atomic E-state index is 0.467. The van der Waals surface area contributed by atoms with Gasteiger partial charge in [-0.3, -0.25) is 9.58 Å². The van der Waals surface area contributed by atoms with Gasteiger partial charge in [-0.2, -0.15) is 5.10 Å². The van der Waals surface area contributed by atoms with Crippen LogP contribution in [0.3, 0.4) is 0 Å². The third-order valence-corrected chi connectivity index (χ3v) is 5.22. The van der Waals surface area contributed by atoms with Gasteiger partial charge < -0.3 is 4.90 Å². The summed E-state index contributed by atoms with van der Waals surface area (Å²) in [4.78, 5) is 9.36. The van der Waals surface area contributed by atoms with E-state index in [2.05, 4.69) is 59.0 Å². The van der Waals surface area contributed by atoms with E-state index >= 15 is 0 Å². The maximum absolute atomic E-state index is 4.62. The van der Waals surface area contributed by atoms with Crippen LogP contribution in [0.15, 0.2) is 30.6 Å². The van der Waals surface area contributed by atoms with Crippen molar-refractivity contribution in [1.29, 1.82) is 0 Å². The molecule has 0 aromatic carbocycles. The predicted octanol–water partition coefficient (Wildman–Crippen LogP) is 3.04. The van der Waals surface area contributed by atoms with Crippen LogP contribution in [-0.2, 0) is 13.6 Å². The Bertz CT molecular complexity index is 638. The second-order valence-corrected chi connectivity index (χ2v) is 7.16. The molecule has 0 aliphatic carbocycles. The minimum Gasteiger partial charge on any atom is -0.357 e. The summed E-state index contributed by atoms with van der Waals surface area (Å²) < 4.78 is 2.02. The standard InChI is InChI=1S/C19H29N5/c1-15(2)22(3)19-6-5-16(13-20-19)14-24-11-8-17(9-12-24)18-7-10-21-23(18)4/h5-7,10,13,15,17H,8-9,11-12,14H2,1-4H3. The van der Waals surface area contributed by atoms with E-state index < -0.39 is 0 Å². The average molecular weight is 327 g/mol. The van der Waals surface area contributed by atoms with Crippen molar-refractivity contribution in [2.24, 2.45) is 7.05 Å². The van der Waals surface area contributed by atoms with E-state index in [1.165, 1.54) is 24.1 Å². The van der Waals surface area contributed by atoms with Gasteiger partial charge in [-0.05, 0) is 57.5 Å². The Morgan fingerprint density at radius 3 is 2.50 bits per heavy atom. The van der Waals surface area contributed by atoms with Gasteiger partial charge >= 0.3 is 0 Å². The summed E-state index contributed by atoms with van der Waals surface area (Å²) in [6.45, 7) is 7.65. The van der Waals surface area contributed by atoms with Crippen molar-refractivity contribution < 1.29 is 0 Å². The first-order valence-electron chi connectivity index (χ1n) is 8.92. The topological polar surface area (TPSA) is 37.2 Å². The molecule has 5 nitrogen and oxygen atoms in total. The molecule has 0 atom stereocenters. The van der Waals surface area contributed by atoms with Gasteiger partial charge in [-0.25, -0.2) is 4.98 Å². The van der Waals surface area contributed by atoms with Crippen molar-refractivity contribution in [3.8, 4) is 0 Å². The number of aromatic nitrogens is 3. The summed E-state index contributed by atoms with van der Waals surface area (Å²) in [6, 6.07) is 6.98. The number of pyridine rings is 1. The molecule has 0 saturated carbocycles. The van der Waals surface area contributed by atoms with Gasteiger partial charge in [0.05, 0.1) is 0 Å². The molecular formula is C19H29N5. The zero-order valence-electron chi connectivity index (χ0n) is 15.3. The van der Waals surface area contributed by atoms with E-state index in [4.69, 9.17) is 0 Å². The number of hydrogen-bond acceptors (Lipinski definition) is 4. The molecular weight excluding hydrogens is 298 g/mol. The molecule has 0 spiro atoms. The summed E-state index contributed by atoms with van der Waals surface area (Å²) in [5.74, 6) is 1.69. The second kappa shape index (κ2) is 7.34. The van der Waals surface area contributed by atoms with Crippen molar-refractivity contribution in [1.82, 2.24) is 19.7 Å². The zero-order chi connectivity index (χ0) is 17.1. The molecule has 0 radical (unpaired) electrons. The molecule has 2 aromatic rings. The highest BCUT2D eigenvalue weighted by molar-refractivity contribution is 5.39. The Balaban J connectivity index is 1.54. The monoisotopic (exact) mass is 327 g/mol. The van der Waals surface area contributed by atoms with Gasteiger partial charge in [0.1, 0.15) is 5.82 Å². The molecule has 1 aliphatic rings. The summed E-state index contributed by atoms with van der Waals surface area (Å²) in [6.07, 6.45) is 6.35. The lowest BCUT2D eigenvalue weighted by Crippen LogP contribution is -2.33. The molecule has 3 rings (SSSR count). The van der Waals surface area contributed by atoms with Crippen LogP contribution in [0.4, 0.5) is 5.82 Å². The van der Waals surface area contributed by atoms with Crippen molar-refractivity contribution in [3.63, 3.8) is 0 Å². The van der Waals surface area contributed by atoms with Crippen LogP contribution in [0.1, 0.15) is 43.9 Å². The summed E-state index contributed by atoms with van der Waals surface area (Å²) in [5, 5.41) is 4.30. The fourth-order valence-corrected chi connectivity index (χ4v) is 3.41. The van der Waals surface area contributed by atoms with Gasteiger partial charge in [0.25, 0.3) is 0 Å². The normalized spacial score (nSPS) is 16.7. The van der Waals surface area contributed by atoms with Crippen molar-refractivity contribution in [2.75, 3.05) is 25.0 Å².